The lowest BCUT2D eigenvalue weighted by atomic mass is 10.1. The minimum Gasteiger partial charge on any atom is -0.393 e. The maximum Gasteiger partial charge on any atom is 0.0972 e. The molecule has 17 heavy (non-hydrogen) atoms. The minimum atomic E-state index is -1.03. The summed E-state index contributed by atoms with van der Waals surface area (Å²) in [5.41, 5.74) is 1.63. The van der Waals surface area contributed by atoms with E-state index in [1.807, 2.05) is 0 Å². The van der Waals surface area contributed by atoms with Gasteiger partial charge in [0.25, 0.3) is 0 Å². The molecule has 1 aliphatic carbocycles. The Bertz CT molecular complexity index is 372. The topological polar surface area (TPSA) is 52.5 Å². The molecule has 1 fully saturated rings. The van der Waals surface area contributed by atoms with Crippen molar-refractivity contribution in [1.82, 2.24) is 5.32 Å². The van der Waals surface area contributed by atoms with Gasteiger partial charge in [0.2, 0.25) is 0 Å². The summed E-state index contributed by atoms with van der Waals surface area (Å²) in [6.45, 7) is 2.54. The third-order valence-corrected chi connectivity index (χ3v) is 3.18. The molecule has 2 rings (SSSR count). The van der Waals surface area contributed by atoms with Gasteiger partial charge in [0.15, 0.2) is 0 Å². The van der Waals surface area contributed by atoms with Gasteiger partial charge in [-0.1, -0.05) is 24.3 Å². The van der Waals surface area contributed by atoms with Gasteiger partial charge in [-0.2, -0.15) is 0 Å². The normalized spacial score (nSPS) is 19.0. The summed E-state index contributed by atoms with van der Waals surface area (Å²) in [5, 5.41) is 21.7. The molecule has 3 N–H and O–H groups in total. The molecule has 1 atom stereocenters. The van der Waals surface area contributed by atoms with Crippen LogP contribution in [0.5, 0.6) is 0 Å². The molecule has 1 saturated carbocycles. The first-order valence-corrected chi connectivity index (χ1v) is 6.23. The number of rotatable bonds is 6. The highest BCUT2D eigenvalue weighted by molar-refractivity contribution is 5.29. The Morgan fingerprint density at radius 1 is 1.41 bits per heavy atom. The van der Waals surface area contributed by atoms with E-state index >= 15 is 0 Å². The zero-order valence-electron chi connectivity index (χ0n) is 10.3. The van der Waals surface area contributed by atoms with Crippen LogP contribution in [0.15, 0.2) is 24.3 Å². The Morgan fingerprint density at radius 3 is 2.82 bits per heavy atom. The summed E-state index contributed by atoms with van der Waals surface area (Å²) in [5.74, 6) is 0.774. The molecule has 0 saturated heterocycles. The van der Waals surface area contributed by atoms with Gasteiger partial charge < -0.3 is 15.5 Å². The van der Waals surface area contributed by atoms with Gasteiger partial charge in [-0.25, -0.2) is 0 Å². The predicted molar refractivity (Wildman–Crippen MR) is 67.8 cm³/mol. The fraction of sp³-hybridized carbons (Fsp3) is 0.571. The van der Waals surface area contributed by atoms with Gasteiger partial charge in [0, 0.05) is 13.1 Å². The second-order valence-corrected chi connectivity index (χ2v) is 5.28. The first kappa shape index (κ1) is 12.6. The van der Waals surface area contributed by atoms with Crippen molar-refractivity contribution >= 4 is 0 Å². The molecule has 3 nitrogen and oxygen atoms in total. The van der Waals surface area contributed by atoms with Gasteiger partial charge in [0.05, 0.1) is 12.2 Å². The van der Waals surface area contributed by atoms with Gasteiger partial charge in [-0.15, -0.1) is 0 Å². The van der Waals surface area contributed by atoms with E-state index in [4.69, 9.17) is 5.11 Å². The van der Waals surface area contributed by atoms with Crippen LogP contribution in [0.2, 0.25) is 0 Å². The average molecular weight is 235 g/mol. The maximum absolute atomic E-state index is 9.64. The van der Waals surface area contributed by atoms with Gasteiger partial charge in [-0.3, -0.25) is 0 Å². The molecule has 0 heterocycles. The van der Waals surface area contributed by atoms with Crippen LogP contribution in [-0.4, -0.2) is 29.0 Å². The summed E-state index contributed by atoms with van der Waals surface area (Å²) in [6.07, 6.45) is 2.63. The fourth-order valence-corrected chi connectivity index (χ4v) is 1.91. The second-order valence-electron chi connectivity index (χ2n) is 5.28. The largest absolute Gasteiger partial charge is 0.393 e. The smallest absolute Gasteiger partial charge is 0.0972 e. The lowest BCUT2D eigenvalue weighted by molar-refractivity contribution is 0.00254. The molecule has 3 heteroatoms. The van der Waals surface area contributed by atoms with Crippen LogP contribution in [0, 0.1) is 0 Å². The van der Waals surface area contributed by atoms with Crippen molar-refractivity contribution in [3.8, 4) is 0 Å². The third-order valence-electron chi connectivity index (χ3n) is 3.18. The Morgan fingerprint density at radius 2 is 2.18 bits per heavy atom. The van der Waals surface area contributed by atoms with Crippen LogP contribution < -0.4 is 5.32 Å². The molecule has 94 valence electrons. The number of aliphatic hydroxyl groups excluding tert-OH is 1. The summed E-state index contributed by atoms with van der Waals surface area (Å²) < 4.78 is 0. The van der Waals surface area contributed by atoms with Gasteiger partial charge in [-0.05, 0) is 36.8 Å². The second kappa shape index (κ2) is 5.17. The zero-order chi connectivity index (χ0) is 12.3. The Labute approximate surface area is 102 Å². The molecule has 1 aromatic rings. The van der Waals surface area contributed by atoms with Crippen LogP contribution in [-0.2, 0) is 6.54 Å². The molecule has 1 unspecified atom stereocenters. The number of benzene rings is 1. The lowest BCUT2D eigenvalue weighted by Crippen LogP contribution is -2.40. The van der Waals surface area contributed by atoms with E-state index < -0.39 is 5.60 Å². The molecule has 0 radical (unpaired) electrons. The standard InChI is InChI=1S/C14H21NO2/c1-14(17,10-16)9-15-8-11-3-2-4-13(7-11)12-5-6-12/h2-4,7,12,15-17H,5-6,8-10H2,1H3. The van der Waals surface area contributed by atoms with Crippen molar-refractivity contribution in [2.75, 3.05) is 13.2 Å². The maximum atomic E-state index is 9.64. The van der Waals surface area contributed by atoms with Crippen LogP contribution in [0.1, 0.15) is 36.8 Å². The molecule has 0 spiro atoms. The first-order valence-electron chi connectivity index (χ1n) is 6.23. The Kier molecular flexibility index (Phi) is 3.82. The van der Waals surface area contributed by atoms with E-state index in [0.717, 1.165) is 12.5 Å². The van der Waals surface area contributed by atoms with Crippen molar-refractivity contribution in [3.05, 3.63) is 35.4 Å². The number of hydrogen-bond acceptors (Lipinski definition) is 3. The van der Waals surface area contributed by atoms with E-state index in [-0.39, 0.29) is 6.61 Å². The highest BCUT2D eigenvalue weighted by Crippen LogP contribution is 2.40. The van der Waals surface area contributed by atoms with E-state index in [2.05, 4.69) is 29.6 Å². The monoisotopic (exact) mass is 235 g/mol. The number of nitrogens with one attached hydrogen (secondary N) is 1. The summed E-state index contributed by atoms with van der Waals surface area (Å²) in [6, 6.07) is 8.60. The highest BCUT2D eigenvalue weighted by atomic mass is 16.3. The van der Waals surface area contributed by atoms with Crippen LogP contribution >= 0.6 is 0 Å². The number of aliphatic hydroxyl groups is 2. The van der Waals surface area contributed by atoms with Crippen molar-refractivity contribution in [3.63, 3.8) is 0 Å². The molecule has 1 aromatic carbocycles. The van der Waals surface area contributed by atoms with Gasteiger partial charge in [0.1, 0.15) is 0 Å². The molecule has 0 aliphatic heterocycles. The fourth-order valence-electron chi connectivity index (χ4n) is 1.91. The molecular formula is C14H21NO2. The van der Waals surface area contributed by atoms with Crippen LogP contribution in [0.3, 0.4) is 0 Å². The molecule has 1 aliphatic rings. The SMILES string of the molecule is CC(O)(CO)CNCc1cccc(C2CC2)c1. The van der Waals surface area contributed by atoms with Crippen LogP contribution in [0.4, 0.5) is 0 Å². The molecule has 0 bridgehead atoms. The molecule has 0 aromatic heterocycles. The molecule has 0 amide bonds. The Hall–Kier alpha value is -0.900. The predicted octanol–water partition coefficient (Wildman–Crippen LogP) is 1.40. The van der Waals surface area contributed by atoms with E-state index in [1.165, 1.54) is 24.0 Å². The summed E-state index contributed by atoms with van der Waals surface area (Å²) in [7, 11) is 0. The zero-order valence-corrected chi connectivity index (χ0v) is 10.3. The summed E-state index contributed by atoms with van der Waals surface area (Å²) in [4.78, 5) is 0. The quantitative estimate of drug-likeness (QED) is 0.698. The van der Waals surface area contributed by atoms with E-state index in [0.29, 0.717) is 6.54 Å². The van der Waals surface area contributed by atoms with Crippen molar-refractivity contribution in [1.29, 1.82) is 0 Å². The van der Waals surface area contributed by atoms with E-state index in [9.17, 15) is 5.11 Å². The van der Waals surface area contributed by atoms with Crippen molar-refractivity contribution in [2.45, 2.75) is 37.8 Å². The Balaban J connectivity index is 1.84. The third kappa shape index (κ3) is 3.80. The van der Waals surface area contributed by atoms with Crippen LogP contribution in [0.25, 0.3) is 0 Å². The van der Waals surface area contributed by atoms with E-state index in [1.54, 1.807) is 6.92 Å². The van der Waals surface area contributed by atoms with Crippen molar-refractivity contribution < 1.29 is 10.2 Å². The van der Waals surface area contributed by atoms with Gasteiger partial charge >= 0.3 is 0 Å². The summed E-state index contributed by atoms with van der Waals surface area (Å²) >= 11 is 0. The average Bonchev–Trinajstić information content (AvgIpc) is 3.13. The first-order chi connectivity index (χ1) is 8.11. The van der Waals surface area contributed by atoms with Crippen molar-refractivity contribution in [2.24, 2.45) is 0 Å². The highest BCUT2D eigenvalue weighted by Gasteiger charge is 2.23. The molecular weight excluding hydrogens is 214 g/mol. The lowest BCUT2D eigenvalue weighted by Gasteiger charge is -2.20. The number of hydrogen-bond donors (Lipinski definition) is 3. The minimum absolute atomic E-state index is 0.220.